The highest BCUT2D eigenvalue weighted by atomic mass is 127. The van der Waals surface area contributed by atoms with Gasteiger partial charge in [-0.2, -0.15) is 0 Å². The van der Waals surface area contributed by atoms with Crippen LogP contribution in [0.25, 0.3) is 0 Å². The zero-order valence-corrected chi connectivity index (χ0v) is 21.3. The SMILES string of the molecule is CN=C(NCCCOCC1CCCO1)NCC(c1ccccc1OC)N1CCCC1.I. The van der Waals surface area contributed by atoms with E-state index in [2.05, 4.69) is 32.7 Å². The molecule has 31 heavy (non-hydrogen) atoms. The Morgan fingerprint density at radius 1 is 1.23 bits per heavy atom. The van der Waals surface area contributed by atoms with Crippen molar-refractivity contribution in [3.63, 3.8) is 0 Å². The van der Waals surface area contributed by atoms with Crippen molar-refractivity contribution in [2.75, 3.05) is 60.2 Å². The van der Waals surface area contributed by atoms with Crippen LogP contribution in [-0.2, 0) is 9.47 Å². The molecule has 1 aromatic rings. The molecule has 0 spiro atoms. The molecule has 2 saturated heterocycles. The van der Waals surface area contributed by atoms with Crippen molar-refractivity contribution in [2.24, 2.45) is 4.99 Å². The molecule has 2 N–H and O–H groups in total. The third-order valence-electron chi connectivity index (χ3n) is 5.85. The predicted molar refractivity (Wildman–Crippen MR) is 136 cm³/mol. The molecule has 0 aromatic heterocycles. The molecule has 0 saturated carbocycles. The van der Waals surface area contributed by atoms with Gasteiger partial charge in [-0.1, -0.05) is 18.2 Å². The Labute approximate surface area is 204 Å². The second-order valence-corrected chi connectivity index (χ2v) is 7.94. The average Bonchev–Trinajstić information content (AvgIpc) is 3.49. The molecule has 0 bridgehead atoms. The van der Waals surface area contributed by atoms with Gasteiger partial charge >= 0.3 is 0 Å². The third-order valence-corrected chi connectivity index (χ3v) is 5.85. The smallest absolute Gasteiger partial charge is 0.191 e. The lowest BCUT2D eigenvalue weighted by atomic mass is 10.0. The summed E-state index contributed by atoms with van der Waals surface area (Å²) in [6, 6.07) is 8.59. The van der Waals surface area contributed by atoms with Gasteiger partial charge in [0.1, 0.15) is 5.75 Å². The van der Waals surface area contributed by atoms with Gasteiger partial charge in [-0.15, -0.1) is 24.0 Å². The van der Waals surface area contributed by atoms with Crippen molar-refractivity contribution in [3.05, 3.63) is 29.8 Å². The fraction of sp³-hybridized carbons (Fsp3) is 0.696. The fourth-order valence-electron chi connectivity index (χ4n) is 4.22. The number of nitrogens with zero attached hydrogens (tertiary/aromatic N) is 2. The van der Waals surface area contributed by atoms with Gasteiger partial charge in [0.15, 0.2) is 5.96 Å². The van der Waals surface area contributed by atoms with Crippen LogP contribution in [-0.4, -0.2) is 77.1 Å². The quantitative estimate of drug-likeness (QED) is 0.192. The van der Waals surface area contributed by atoms with E-state index in [-0.39, 0.29) is 30.0 Å². The minimum absolute atomic E-state index is 0. The van der Waals surface area contributed by atoms with Crippen LogP contribution in [0.4, 0.5) is 0 Å². The maximum Gasteiger partial charge on any atom is 0.191 e. The van der Waals surface area contributed by atoms with Crippen LogP contribution in [0.5, 0.6) is 5.75 Å². The van der Waals surface area contributed by atoms with E-state index in [9.17, 15) is 0 Å². The van der Waals surface area contributed by atoms with E-state index in [1.54, 1.807) is 7.11 Å². The summed E-state index contributed by atoms with van der Waals surface area (Å²) in [5, 5.41) is 6.91. The highest BCUT2D eigenvalue weighted by molar-refractivity contribution is 14.0. The van der Waals surface area contributed by atoms with Crippen molar-refractivity contribution in [3.8, 4) is 5.75 Å². The summed E-state index contributed by atoms with van der Waals surface area (Å²) in [6.45, 7) is 6.19. The number of nitrogens with one attached hydrogen (secondary N) is 2. The number of aliphatic imine (C=N–C) groups is 1. The standard InChI is InChI=1S/C23H38N4O3.HI/c1-24-23(25-12-8-15-29-18-19-9-7-16-30-19)26-17-21(27-13-5-6-14-27)20-10-3-4-11-22(20)28-2;/h3-4,10-11,19,21H,5-9,12-18H2,1-2H3,(H2,24,25,26);1H. The van der Waals surface area contributed by atoms with Crippen molar-refractivity contribution in [1.82, 2.24) is 15.5 Å². The monoisotopic (exact) mass is 546 g/mol. The highest BCUT2D eigenvalue weighted by Gasteiger charge is 2.26. The van der Waals surface area contributed by atoms with E-state index in [1.807, 2.05) is 19.2 Å². The minimum Gasteiger partial charge on any atom is -0.496 e. The molecular formula is C23H39IN4O3. The summed E-state index contributed by atoms with van der Waals surface area (Å²) in [5.74, 6) is 1.77. The largest absolute Gasteiger partial charge is 0.496 e. The Hall–Kier alpha value is -1.10. The summed E-state index contributed by atoms with van der Waals surface area (Å²) in [5.41, 5.74) is 1.23. The lowest BCUT2D eigenvalue weighted by molar-refractivity contribution is 0.0168. The van der Waals surface area contributed by atoms with Gasteiger partial charge in [-0.25, -0.2) is 0 Å². The second-order valence-electron chi connectivity index (χ2n) is 7.94. The molecule has 2 aliphatic heterocycles. The molecule has 2 unspecified atom stereocenters. The molecule has 176 valence electrons. The van der Waals surface area contributed by atoms with Gasteiger partial charge in [0, 0.05) is 38.9 Å². The molecule has 2 fully saturated rings. The lowest BCUT2D eigenvalue weighted by Gasteiger charge is -2.30. The van der Waals surface area contributed by atoms with E-state index in [1.165, 1.54) is 18.4 Å². The first kappa shape index (κ1) is 26.2. The number of halogens is 1. The van der Waals surface area contributed by atoms with Crippen molar-refractivity contribution >= 4 is 29.9 Å². The number of hydrogen-bond donors (Lipinski definition) is 2. The van der Waals surface area contributed by atoms with E-state index in [4.69, 9.17) is 14.2 Å². The van der Waals surface area contributed by atoms with Crippen LogP contribution in [0, 0.1) is 0 Å². The molecule has 2 aliphatic rings. The van der Waals surface area contributed by atoms with Crippen LogP contribution in [0.15, 0.2) is 29.3 Å². The lowest BCUT2D eigenvalue weighted by Crippen LogP contribution is -2.43. The molecule has 3 rings (SSSR count). The molecular weight excluding hydrogens is 507 g/mol. The molecule has 0 radical (unpaired) electrons. The number of hydrogen-bond acceptors (Lipinski definition) is 5. The van der Waals surface area contributed by atoms with Gasteiger partial charge in [-0.3, -0.25) is 9.89 Å². The summed E-state index contributed by atoms with van der Waals surface area (Å²) < 4.78 is 17.0. The first-order valence-electron chi connectivity index (χ1n) is 11.3. The van der Waals surface area contributed by atoms with Gasteiger partial charge < -0.3 is 24.8 Å². The van der Waals surface area contributed by atoms with Crippen LogP contribution in [0.2, 0.25) is 0 Å². The average molecular weight is 546 g/mol. The first-order valence-corrected chi connectivity index (χ1v) is 11.3. The van der Waals surface area contributed by atoms with Crippen molar-refractivity contribution in [1.29, 1.82) is 0 Å². The summed E-state index contributed by atoms with van der Waals surface area (Å²) >= 11 is 0. The van der Waals surface area contributed by atoms with E-state index in [0.717, 1.165) is 70.4 Å². The minimum atomic E-state index is 0. The Morgan fingerprint density at radius 3 is 2.74 bits per heavy atom. The number of benzene rings is 1. The zero-order chi connectivity index (χ0) is 21.0. The first-order chi connectivity index (χ1) is 14.8. The van der Waals surface area contributed by atoms with Crippen molar-refractivity contribution < 1.29 is 14.2 Å². The maximum atomic E-state index is 5.74. The van der Waals surface area contributed by atoms with Gasteiger partial charge in [-0.05, 0) is 51.3 Å². The van der Waals surface area contributed by atoms with E-state index < -0.39 is 0 Å². The molecule has 1 aromatic carbocycles. The Kier molecular flexibility index (Phi) is 12.5. The second kappa shape index (κ2) is 14.9. The Balaban J connectivity index is 0.00000341. The maximum absolute atomic E-state index is 5.74. The summed E-state index contributed by atoms with van der Waals surface area (Å²) in [4.78, 5) is 6.93. The molecule has 2 heterocycles. The topological polar surface area (TPSA) is 67.4 Å². The van der Waals surface area contributed by atoms with Gasteiger partial charge in [0.2, 0.25) is 0 Å². The number of methoxy groups -OCH3 is 1. The molecule has 8 heteroatoms. The number of para-hydroxylation sites is 1. The molecule has 7 nitrogen and oxygen atoms in total. The van der Waals surface area contributed by atoms with E-state index in [0.29, 0.717) is 12.7 Å². The zero-order valence-electron chi connectivity index (χ0n) is 19.0. The van der Waals surface area contributed by atoms with Gasteiger partial charge in [0.25, 0.3) is 0 Å². The Morgan fingerprint density at radius 2 is 2.03 bits per heavy atom. The summed E-state index contributed by atoms with van der Waals surface area (Å²) in [7, 11) is 3.56. The van der Waals surface area contributed by atoms with Crippen LogP contribution < -0.4 is 15.4 Å². The number of ether oxygens (including phenoxy) is 3. The van der Waals surface area contributed by atoms with Crippen LogP contribution in [0.3, 0.4) is 0 Å². The molecule has 0 aliphatic carbocycles. The molecule has 0 amide bonds. The normalized spacial score (nSPS) is 20.3. The highest BCUT2D eigenvalue weighted by Crippen LogP contribution is 2.31. The van der Waals surface area contributed by atoms with Crippen molar-refractivity contribution in [2.45, 2.75) is 44.2 Å². The Bertz CT molecular complexity index is 649. The predicted octanol–water partition coefficient (Wildman–Crippen LogP) is 3.20. The third kappa shape index (κ3) is 8.40. The van der Waals surface area contributed by atoms with E-state index >= 15 is 0 Å². The number of guanidine groups is 1. The van der Waals surface area contributed by atoms with Crippen LogP contribution >= 0.6 is 24.0 Å². The number of likely N-dealkylation sites (tertiary alicyclic amines) is 1. The fourth-order valence-corrected chi connectivity index (χ4v) is 4.22. The summed E-state index contributed by atoms with van der Waals surface area (Å²) in [6.07, 6.45) is 6.03. The van der Waals surface area contributed by atoms with Gasteiger partial charge in [0.05, 0.1) is 25.9 Å². The molecule has 2 atom stereocenters. The van der Waals surface area contributed by atoms with Crippen LogP contribution in [0.1, 0.15) is 43.7 Å². The number of rotatable bonds is 11.